The molecule has 0 saturated carbocycles. The van der Waals surface area contributed by atoms with Gasteiger partial charge in [-0.2, -0.15) is 0 Å². The number of carbonyl (C=O) groups is 2. The fourth-order valence-corrected chi connectivity index (χ4v) is 5.25. The van der Waals surface area contributed by atoms with Crippen molar-refractivity contribution in [2.24, 2.45) is 11.8 Å². The van der Waals surface area contributed by atoms with E-state index >= 15 is 0 Å². The first kappa shape index (κ1) is 21.0. The number of hydrogen-bond donors (Lipinski definition) is 1. The van der Waals surface area contributed by atoms with Gasteiger partial charge in [0.25, 0.3) is 0 Å². The van der Waals surface area contributed by atoms with E-state index in [1.165, 1.54) is 0 Å². The van der Waals surface area contributed by atoms with Crippen LogP contribution in [0.4, 0.5) is 0 Å². The Bertz CT molecular complexity index is 1070. The molecule has 6 nitrogen and oxygen atoms in total. The molecule has 2 amide bonds. The second-order valence-electron chi connectivity index (χ2n) is 8.66. The number of carbonyl (C=O) groups excluding carboxylic acids is 2. The molecular formula is C25H25ClN2O4. The summed E-state index contributed by atoms with van der Waals surface area (Å²) in [5, 5.41) is 3.63. The number of likely N-dealkylation sites (tertiary alicyclic amines) is 1. The van der Waals surface area contributed by atoms with Gasteiger partial charge in [0, 0.05) is 11.6 Å². The first-order chi connectivity index (χ1) is 15.4. The van der Waals surface area contributed by atoms with Crippen molar-refractivity contribution in [2.75, 3.05) is 13.7 Å². The van der Waals surface area contributed by atoms with Crippen LogP contribution in [0.5, 0.6) is 5.75 Å². The van der Waals surface area contributed by atoms with Gasteiger partial charge in [0.05, 0.1) is 37.6 Å². The van der Waals surface area contributed by atoms with E-state index < -0.39 is 17.4 Å². The summed E-state index contributed by atoms with van der Waals surface area (Å²) in [6, 6.07) is 14.9. The van der Waals surface area contributed by atoms with Crippen LogP contribution in [0.2, 0.25) is 5.02 Å². The Morgan fingerprint density at radius 1 is 1.25 bits per heavy atom. The van der Waals surface area contributed by atoms with Crippen LogP contribution in [0.1, 0.15) is 24.1 Å². The van der Waals surface area contributed by atoms with E-state index in [-0.39, 0.29) is 24.0 Å². The molecule has 7 heteroatoms. The number of benzene rings is 2. The van der Waals surface area contributed by atoms with Gasteiger partial charge in [-0.25, -0.2) is 0 Å². The van der Waals surface area contributed by atoms with Gasteiger partial charge in [0.15, 0.2) is 0 Å². The van der Waals surface area contributed by atoms with Crippen molar-refractivity contribution in [2.45, 2.75) is 31.2 Å². The van der Waals surface area contributed by atoms with Crippen LogP contribution in [0, 0.1) is 11.8 Å². The Labute approximate surface area is 192 Å². The number of nitrogens with zero attached hydrogens (tertiary/aromatic N) is 1. The molecule has 0 aromatic heterocycles. The standard InChI is InChI=1S/C25H25ClN2O4/c1-15(17-5-9-19(31-2)10-6-17)28-14-25-12-11-20(32-25)21(22(25)24(28)30)23(29)27-13-16-3-7-18(26)8-4-16/h3-12,15,20-22H,13-14H2,1-2H3,(H,27,29)/t15-,20-,21+,22-,25-/m1/s1. The summed E-state index contributed by atoms with van der Waals surface area (Å²) >= 11 is 5.94. The maximum absolute atomic E-state index is 13.5. The van der Waals surface area contributed by atoms with E-state index in [2.05, 4.69) is 5.32 Å². The number of rotatable bonds is 6. The zero-order valence-corrected chi connectivity index (χ0v) is 18.7. The molecule has 2 saturated heterocycles. The Kier molecular flexibility index (Phi) is 5.22. The van der Waals surface area contributed by atoms with Crippen LogP contribution in [-0.2, 0) is 20.9 Å². The van der Waals surface area contributed by atoms with Crippen LogP contribution in [-0.4, -0.2) is 42.1 Å². The third kappa shape index (κ3) is 3.38. The molecule has 3 aliphatic rings. The number of methoxy groups -OCH3 is 1. The predicted molar refractivity (Wildman–Crippen MR) is 120 cm³/mol. The lowest BCUT2D eigenvalue weighted by atomic mass is 9.77. The van der Waals surface area contributed by atoms with Gasteiger partial charge in [0.2, 0.25) is 11.8 Å². The fraction of sp³-hybridized carbons (Fsp3) is 0.360. The molecule has 32 heavy (non-hydrogen) atoms. The van der Waals surface area contributed by atoms with Crippen molar-refractivity contribution in [3.63, 3.8) is 0 Å². The average molecular weight is 453 g/mol. The van der Waals surface area contributed by atoms with E-state index in [0.29, 0.717) is 18.1 Å². The van der Waals surface area contributed by atoms with Crippen LogP contribution in [0.15, 0.2) is 60.7 Å². The Balaban J connectivity index is 1.33. The van der Waals surface area contributed by atoms with Gasteiger partial charge < -0.3 is 19.7 Å². The van der Waals surface area contributed by atoms with Gasteiger partial charge in [-0.05, 0) is 42.3 Å². The minimum atomic E-state index is -0.731. The molecule has 5 rings (SSSR count). The molecule has 166 valence electrons. The van der Waals surface area contributed by atoms with Crippen molar-refractivity contribution >= 4 is 23.4 Å². The number of nitrogens with one attached hydrogen (secondary N) is 1. The van der Waals surface area contributed by atoms with Crippen LogP contribution >= 0.6 is 11.6 Å². The van der Waals surface area contributed by atoms with Crippen LogP contribution < -0.4 is 10.1 Å². The van der Waals surface area contributed by atoms with E-state index in [9.17, 15) is 9.59 Å². The third-order valence-electron chi connectivity index (χ3n) is 6.88. The quantitative estimate of drug-likeness (QED) is 0.681. The van der Waals surface area contributed by atoms with Gasteiger partial charge >= 0.3 is 0 Å². The number of fused-ring (bicyclic) bond motifs is 1. The highest BCUT2D eigenvalue weighted by molar-refractivity contribution is 6.30. The van der Waals surface area contributed by atoms with Gasteiger partial charge in [0.1, 0.15) is 11.4 Å². The fourth-order valence-electron chi connectivity index (χ4n) is 5.13. The highest BCUT2D eigenvalue weighted by Gasteiger charge is 2.67. The van der Waals surface area contributed by atoms with Crippen molar-refractivity contribution in [1.29, 1.82) is 0 Å². The van der Waals surface area contributed by atoms with Crippen molar-refractivity contribution in [3.05, 3.63) is 76.8 Å². The third-order valence-corrected chi connectivity index (χ3v) is 7.13. The summed E-state index contributed by atoms with van der Waals surface area (Å²) in [5.74, 6) is -0.469. The maximum Gasteiger partial charge on any atom is 0.230 e. The van der Waals surface area contributed by atoms with Gasteiger partial charge in [-0.15, -0.1) is 0 Å². The number of halogens is 1. The van der Waals surface area contributed by atoms with Crippen molar-refractivity contribution in [1.82, 2.24) is 10.2 Å². The molecule has 3 heterocycles. The summed E-state index contributed by atoms with van der Waals surface area (Å²) in [5.41, 5.74) is 1.23. The molecule has 0 aliphatic carbocycles. The van der Waals surface area contributed by atoms with Crippen LogP contribution in [0.3, 0.4) is 0 Å². The number of amides is 2. The summed E-state index contributed by atoms with van der Waals surface area (Å²) in [7, 11) is 1.63. The lowest BCUT2D eigenvalue weighted by Gasteiger charge is -2.28. The maximum atomic E-state index is 13.5. The SMILES string of the molecule is COc1ccc([C@@H](C)N2C[C@@]34C=C[C@@H](O3)[C@H](C(=O)NCc3ccc(Cl)cc3)[C@@H]4C2=O)cc1. The van der Waals surface area contributed by atoms with Crippen molar-refractivity contribution < 1.29 is 19.1 Å². The molecule has 1 N–H and O–H groups in total. The molecule has 3 aliphatic heterocycles. The summed E-state index contributed by atoms with van der Waals surface area (Å²) in [6.07, 6.45) is 3.54. The summed E-state index contributed by atoms with van der Waals surface area (Å²) in [4.78, 5) is 28.5. The zero-order valence-electron chi connectivity index (χ0n) is 18.0. The number of ether oxygens (including phenoxy) is 2. The molecule has 2 bridgehead atoms. The second-order valence-corrected chi connectivity index (χ2v) is 9.10. The lowest BCUT2D eigenvalue weighted by molar-refractivity contribution is -0.138. The molecule has 2 aromatic carbocycles. The van der Waals surface area contributed by atoms with Crippen molar-refractivity contribution in [3.8, 4) is 5.75 Å². The predicted octanol–water partition coefficient (Wildman–Crippen LogP) is 3.51. The molecule has 2 fully saturated rings. The topological polar surface area (TPSA) is 67.9 Å². The molecule has 0 radical (unpaired) electrons. The highest BCUT2D eigenvalue weighted by Crippen LogP contribution is 2.53. The van der Waals surface area contributed by atoms with Gasteiger partial charge in [-0.1, -0.05) is 48.0 Å². The smallest absolute Gasteiger partial charge is 0.230 e. The first-order valence-electron chi connectivity index (χ1n) is 10.8. The van der Waals surface area contributed by atoms with E-state index in [1.54, 1.807) is 19.2 Å². The lowest BCUT2D eigenvalue weighted by Crippen LogP contribution is -2.44. The zero-order chi connectivity index (χ0) is 22.5. The van der Waals surface area contributed by atoms with E-state index in [4.69, 9.17) is 21.1 Å². The molecule has 2 aromatic rings. The van der Waals surface area contributed by atoms with Crippen LogP contribution in [0.25, 0.3) is 0 Å². The minimum absolute atomic E-state index is 0.0354. The Hall–Kier alpha value is -2.83. The molecule has 0 unspecified atom stereocenters. The second kappa shape index (κ2) is 7.94. The average Bonchev–Trinajstić information content (AvgIpc) is 3.46. The normalized spacial score (nSPS) is 28.7. The molecule has 1 spiro atoms. The van der Waals surface area contributed by atoms with Gasteiger partial charge in [-0.3, -0.25) is 9.59 Å². The monoisotopic (exact) mass is 452 g/mol. The highest BCUT2D eigenvalue weighted by atomic mass is 35.5. The Morgan fingerprint density at radius 2 is 1.97 bits per heavy atom. The molecule has 5 atom stereocenters. The largest absolute Gasteiger partial charge is 0.497 e. The molecular weight excluding hydrogens is 428 g/mol. The summed E-state index contributed by atoms with van der Waals surface area (Å²) < 4.78 is 11.5. The minimum Gasteiger partial charge on any atom is -0.497 e. The van der Waals surface area contributed by atoms with E-state index in [1.807, 2.05) is 60.4 Å². The summed E-state index contributed by atoms with van der Waals surface area (Å²) in [6.45, 7) is 2.82. The first-order valence-corrected chi connectivity index (χ1v) is 11.1. The van der Waals surface area contributed by atoms with E-state index in [0.717, 1.165) is 16.9 Å². The Morgan fingerprint density at radius 3 is 2.66 bits per heavy atom. The number of hydrogen-bond acceptors (Lipinski definition) is 4.